The molecule has 1 rings (SSSR count). The van der Waals surface area contributed by atoms with E-state index in [0.29, 0.717) is 13.2 Å². The van der Waals surface area contributed by atoms with Gasteiger partial charge in [0.1, 0.15) is 6.04 Å². The van der Waals surface area contributed by atoms with E-state index in [4.69, 9.17) is 9.84 Å². The summed E-state index contributed by atoms with van der Waals surface area (Å²) in [5.74, 6) is -0.712. The second-order valence-corrected chi connectivity index (χ2v) is 5.07. The number of piperidine rings is 1. The Morgan fingerprint density at radius 1 is 1.47 bits per heavy atom. The van der Waals surface area contributed by atoms with Crippen LogP contribution in [0, 0.1) is 11.8 Å². The number of rotatable bonds is 3. The van der Waals surface area contributed by atoms with Gasteiger partial charge < -0.3 is 9.84 Å². The molecule has 98 valence electrons. The minimum Gasteiger partial charge on any atom is -0.480 e. The highest BCUT2D eigenvalue weighted by molar-refractivity contribution is 5.80. The van der Waals surface area contributed by atoms with Crippen LogP contribution in [0.3, 0.4) is 0 Å². The van der Waals surface area contributed by atoms with Crippen LogP contribution in [0.5, 0.6) is 0 Å². The Bertz CT molecular complexity index is 290. The van der Waals surface area contributed by atoms with Crippen molar-refractivity contribution in [2.45, 2.75) is 39.7 Å². The number of nitrogens with zero attached hydrogens (tertiary/aromatic N) is 1. The van der Waals surface area contributed by atoms with Gasteiger partial charge in [0, 0.05) is 6.54 Å². The molecule has 1 N–H and O–H groups in total. The molecule has 0 bridgehead atoms. The zero-order valence-electron chi connectivity index (χ0n) is 10.7. The second kappa shape index (κ2) is 5.89. The van der Waals surface area contributed by atoms with Crippen LogP contribution in [0.4, 0.5) is 4.79 Å². The molecule has 2 atom stereocenters. The molecule has 1 fully saturated rings. The van der Waals surface area contributed by atoms with E-state index in [9.17, 15) is 9.59 Å². The highest BCUT2D eigenvalue weighted by Crippen LogP contribution is 2.24. The molecule has 2 unspecified atom stereocenters. The predicted molar refractivity (Wildman–Crippen MR) is 62.7 cm³/mol. The molecule has 1 saturated heterocycles. The highest BCUT2D eigenvalue weighted by Gasteiger charge is 2.37. The van der Waals surface area contributed by atoms with Crippen LogP contribution in [0.2, 0.25) is 0 Å². The van der Waals surface area contributed by atoms with Gasteiger partial charge in [0.05, 0.1) is 6.61 Å². The number of carbonyl (C=O) groups is 2. The highest BCUT2D eigenvalue weighted by atomic mass is 16.6. The van der Waals surface area contributed by atoms with Gasteiger partial charge in [-0.05, 0) is 24.7 Å². The predicted octanol–water partition coefficient (Wildman–Crippen LogP) is 1.96. The summed E-state index contributed by atoms with van der Waals surface area (Å²) in [5, 5.41) is 9.16. The molecule has 5 nitrogen and oxygen atoms in total. The first-order valence-corrected chi connectivity index (χ1v) is 6.09. The molecular formula is C12H21NO4. The molecular weight excluding hydrogens is 222 g/mol. The van der Waals surface area contributed by atoms with Gasteiger partial charge in [0.25, 0.3) is 0 Å². The molecule has 0 saturated carbocycles. The molecule has 17 heavy (non-hydrogen) atoms. The van der Waals surface area contributed by atoms with Gasteiger partial charge in [-0.1, -0.05) is 20.8 Å². The van der Waals surface area contributed by atoms with Crippen LogP contribution >= 0.6 is 0 Å². The van der Waals surface area contributed by atoms with Crippen molar-refractivity contribution in [3.63, 3.8) is 0 Å². The lowest BCUT2D eigenvalue weighted by atomic mass is 9.91. The fourth-order valence-corrected chi connectivity index (χ4v) is 2.09. The summed E-state index contributed by atoms with van der Waals surface area (Å²) in [4.78, 5) is 24.3. The van der Waals surface area contributed by atoms with Crippen molar-refractivity contribution in [1.82, 2.24) is 4.90 Å². The van der Waals surface area contributed by atoms with Crippen molar-refractivity contribution in [2.24, 2.45) is 11.8 Å². The van der Waals surface area contributed by atoms with Crippen LogP contribution in [0.1, 0.15) is 33.6 Å². The first kappa shape index (κ1) is 13.8. The fraction of sp³-hybridized carbons (Fsp3) is 0.833. The van der Waals surface area contributed by atoms with E-state index >= 15 is 0 Å². The lowest BCUT2D eigenvalue weighted by molar-refractivity contribution is -0.146. The Morgan fingerprint density at radius 3 is 2.65 bits per heavy atom. The Labute approximate surface area is 102 Å². The van der Waals surface area contributed by atoms with Gasteiger partial charge in [-0.2, -0.15) is 0 Å². The van der Waals surface area contributed by atoms with Crippen LogP contribution in [-0.2, 0) is 9.53 Å². The van der Waals surface area contributed by atoms with E-state index in [2.05, 4.69) is 0 Å². The van der Waals surface area contributed by atoms with E-state index in [-0.39, 0.29) is 11.8 Å². The molecule has 0 aromatic heterocycles. The maximum atomic E-state index is 11.8. The molecule has 5 heteroatoms. The van der Waals surface area contributed by atoms with Crippen LogP contribution in [0.15, 0.2) is 0 Å². The third-order valence-corrected chi connectivity index (χ3v) is 2.96. The van der Waals surface area contributed by atoms with Crippen molar-refractivity contribution in [3.8, 4) is 0 Å². The number of hydrogen-bond acceptors (Lipinski definition) is 3. The normalized spacial score (nSPS) is 24.8. The topological polar surface area (TPSA) is 66.8 Å². The molecule has 1 heterocycles. The van der Waals surface area contributed by atoms with Gasteiger partial charge in [-0.15, -0.1) is 0 Å². The number of hydrogen-bond donors (Lipinski definition) is 1. The maximum absolute atomic E-state index is 11.8. The Balaban J connectivity index is 2.65. The molecule has 0 radical (unpaired) electrons. The van der Waals surface area contributed by atoms with Gasteiger partial charge in [0.15, 0.2) is 0 Å². The summed E-state index contributed by atoms with van der Waals surface area (Å²) in [6.45, 7) is 6.55. The van der Waals surface area contributed by atoms with Crippen LogP contribution in [-0.4, -0.2) is 41.3 Å². The van der Waals surface area contributed by atoms with Crippen LogP contribution in [0.25, 0.3) is 0 Å². The first-order chi connectivity index (χ1) is 7.93. The summed E-state index contributed by atoms with van der Waals surface area (Å²) in [6, 6.07) is -0.747. The summed E-state index contributed by atoms with van der Waals surface area (Å²) < 4.78 is 5.10. The largest absolute Gasteiger partial charge is 0.480 e. The summed E-state index contributed by atoms with van der Waals surface area (Å²) in [6.07, 6.45) is 1.17. The quantitative estimate of drug-likeness (QED) is 0.822. The fourth-order valence-electron chi connectivity index (χ4n) is 2.09. The second-order valence-electron chi connectivity index (χ2n) is 5.07. The van der Waals surface area contributed by atoms with Gasteiger partial charge in [-0.3, -0.25) is 4.90 Å². The van der Waals surface area contributed by atoms with Crippen molar-refractivity contribution in [1.29, 1.82) is 0 Å². The molecule has 1 amide bonds. The summed E-state index contributed by atoms with van der Waals surface area (Å²) in [5.41, 5.74) is 0. The SMILES string of the molecule is CC(C)COC(=O)N1CCCC(C)C1C(=O)O. The number of carbonyl (C=O) groups excluding carboxylic acids is 1. The molecule has 1 aliphatic heterocycles. The summed E-state index contributed by atoms with van der Waals surface area (Å²) >= 11 is 0. The van der Waals surface area contributed by atoms with E-state index in [0.717, 1.165) is 12.8 Å². The Morgan fingerprint density at radius 2 is 2.12 bits per heavy atom. The monoisotopic (exact) mass is 243 g/mol. The zero-order valence-corrected chi connectivity index (χ0v) is 10.7. The van der Waals surface area contributed by atoms with Crippen molar-refractivity contribution in [2.75, 3.05) is 13.2 Å². The van der Waals surface area contributed by atoms with Gasteiger partial charge in [0.2, 0.25) is 0 Å². The molecule has 0 aliphatic carbocycles. The molecule has 0 aromatic rings. The van der Waals surface area contributed by atoms with E-state index < -0.39 is 18.1 Å². The first-order valence-electron chi connectivity index (χ1n) is 6.09. The third kappa shape index (κ3) is 3.61. The minimum atomic E-state index is -0.946. The minimum absolute atomic E-state index is 0.0205. The van der Waals surface area contributed by atoms with Gasteiger partial charge in [-0.25, -0.2) is 9.59 Å². The molecule has 1 aliphatic rings. The average Bonchev–Trinajstić information content (AvgIpc) is 2.24. The Kier molecular flexibility index (Phi) is 4.78. The maximum Gasteiger partial charge on any atom is 0.410 e. The average molecular weight is 243 g/mol. The third-order valence-electron chi connectivity index (χ3n) is 2.96. The smallest absolute Gasteiger partial charge is 0.410 e. The number of aliphatic carboxylic acids is 1. The Hall–Kier alpha value is -1.26. The number of carboxylic acid groups (broad SMARTS) is 1. The number of ether oxygens (including phenoxy) is 1. The van der Waals surface area contributed by atoms with E-state index in [1.54, 1.807) is 0 Å². The van der Waals surface area contributed by atoms with Crippen LogP contribution < -0.4 is 0 Å². The molecule has 0 aromatic carbocycles. The standard InChI is InChI=1S/C12H21NO4/c1-8(2)7-17-12(16)13-6-4-5-9(3)10(13)11(14)15/h8-10H,4-7H2,1-3H3,(H,14,15). The number of amides is 1. The lowest BCUT2D eigenvalue weighted by Crippen LogP contribution is -2.52. The summed E-state index contributed by atoms with van der Waals surface area (Å²) in [7, 11) is 0. The van der Waals surface area contributed by atoms with Crippen molar-refractivity contribution < 1.29 is 19.4 Å². The van der Waals surface area contributed by atoms with Gasteiger partial charge >= 0.3 is 12.1 Å². The van der Waals surface area contributed by atoms with Crippen molar-refractivity contribution >= 4 is 12.1 Å². The van der Waals surface area contributed by atoms with Crippen molar-refractivity contribution in [3.05, 3.63) is 0 Å². The number of carboxylic acids is 1. The number of likely N-dealkylation sites (tertiary alicyclic amines) is 1. The molecule has 0 spiro atoms. The van der Waals surface area contributed by atoms with E-state index in [1.165, 1.54) is 4.90 Å². The van der Waals surface area contributed by atoms with E-state index in [1.807, 2.05) is 20.8 Å². The lowest BCUT2D eigenvalue weighted by Gasteiger charge is -2.36. The zero-order chi connectivity index (χ0) is 13.0.